The third-order valence-electron chi connectivity index (χ3n) is 7.04. The number of amides is 1. The van der Waals surface area contributed by atoms with E-state index in [4.69, 9.17) is 26.8 Å². The van der Waals surface area contributed by atoms with Crippen molar-refractivity contribution in [1.82, 2.24) is 24.6 Å². The Hall–Kier alpha value is -3.86. The number of aromatic nitrogens is 4. The zero-order chi connectivity index (χ0) is 27.8. The van der Waals surface area contributed by atoms with E-state index in [2.05, 4.69) is 15.4 Å². The monoisotopic (exact) mass is 576 g/mol. The number of fused-ring (bicyclic) bond motifs is 1. The average Bonchev–Trinajstić information content (AvgIpc) is 3.67. The third kappa shape index (κ3) is 5.17. The lowest BCUT2D eigenvalue weighted by Crippen LogP contribution is -2.34. The third-order valence-corrected chi connectivity index (χ3v) is 8.51. The number of ether oxygens (including phenoxy) is 2. The maximum Gasteiger partial charge on any atom is 0.262 e. The molecule has 1 aliphatic heterocycles. The fourth-order valence-corrected chi connectivity index (χ4v) is 6.20. The first kappa shape index (κ1) is 26.4. The van der Waals surface area contributed by atoms with Crippen LogP contribution in [0.3, 0.4) is 0 Å². The number of carbonyl (C=O) groups excluding carboxylic acids is 1. The van der Waals surface area contributed by atoms with Gasteiger partial charge >= 0.3 is 0 Å². The SMILES string of the molecule is C[C@@H](Oc1cc(-n2cnc3cc(-c4cnn(C)c4)c(OC4CCNCC4)cc32)sc1C(N)=O)c1ccccc1Cl. The van der Waals surface area contributed by atoms with Crippen LogP contribution >= 0.6 is 22.9 Å². The number of nitrogens with one attached hydrogen (secondary N) is 1. The van der Waals surface area contributed by atoms with E-state index in [1.807, 2.05) is 73.4 Å². The summed E-state index contributed by atoms with van der Waals surface area (Å²) >= 11 is 7.64. The maximum atomic E-state index is 12.4. The van der Waals surface area contributed by atoms with E-state index in [0.717, 1.165) is 64.4 Å². The van der Waals surface area contributed by atoms with Gasteiger partial charge in [0, 0.05) is 47.1 Å². The molecule has 1 atom stereocenters. The lowest BCUT2D eigenvalue weighted by molar-refractivity contribution is 0.0998. The van der Waals surface area contributed by atoms with Gasteiger partial charge in [0.2, 0.25) is 0 Å². The Morgan fingerprint density at radius 1 is 1.20 bits per heavy atom. The van der Waals surface area contributed by atoms with E-state index < -0.39 is 5.91 Å². The van der Waals surface area contributed by atoms with E-state index >= 15 is 0 Å². The second-order valence-electron chi connectivity index (χ2n) is 9.85. The molecular formula is C29H29ClN6O3S. The number of piperidine rings is 1. The van der Waals surface area contributed by atoms with E-state index in [1.165, 1.54) is 11.3 Å². The Morgan fingerprint density at radius 3 is 2.73 bits per heavy atom. The number of rotatable bonds is 8. The van der Waals surface area contributed by atoms with Crippen LogP contribution in [-0.4, -0.2) is 44.4 Å². The van der Waals surface area contributed by atoms with Gasteiger partial charge in [-0.3, -0.25) is 14.0 Å². The molecule has 1 amide bonds. The molecule has 40 heavy (non-hydrogen) atoms. The van der Waals surface area contributed by atoms with Crippen LogP contribution in [0, 0.1) is 0 Å². The highest BCUT2D eigenvalue weighted by Crippen LogP contribution is 2.39. The van der Waals surface area contributed by atoms with Gasteiger partial charge in [0.15, 0.2) is 0 Å². The summed E-state index contributed by atoms with van der Waals surface area (Å²) in [6.45, 7) is 3.74. The summed E-state index contributed by atoms with van der Waals surface area (Å²) in [5.41, 5.74) is 10.1. The molecule has 11 heteroatoms. The molecule has 6 rings (SSSR count). The molecule has 0 spiro atoms. The first-order valence-electron chi connectivity index (χ1n) is 13.1. The predicted molar refractivity (Wildman–Crippen MR) is 157 cm³/mol. The molecule has 1 saturated heterocycles. The number of hydrogen-bond acceptors (Lipinski definition) is 7. The zero-order valence-corrected chi connectivity index (χ0v) is 23.7. The first-order valence-corrected chi connectivity index (χ1v) is 14.3. The maximum absolute atomic E-state index is 12.4. The van der Waals surface area contributed by atoms with Crippen LogP contribution in [0.1, 0.15) is 41.1 Å². The molecular weight excluding hydrogens is 548 g/mol. The number of carbonyl (C=O) groups is 1. The lowest BCUT2D eigenvalue weighted by Gasteiger charge is -2.25. The normalized spacial score (nSPS) is 14.9. The molecule has 0 unspecified atom stereocenters. The number of benzene rings is 2. The Labute approximate surface area is 240 Å². The molecule has 0 aliphatic carbocycles. The fraction of sp³-hybridized carbons (Fsp3) is 0.276. The number of nitrogens with two attached hydrogens (primary N) is 1. The van der Waals surface area contributed by atoms with E-state index in [1.54, 1.807) is 11.0 Å². The molecule has 2 aromatic carbocycles. The molecule has 3 aromatic heterocycles. The van der Waals surface area contributed by atoms with Gasteiger partial charge in [-0.15, -0.1) is 11.3 Å². The van der Waals surface area contributed by atoms with Crippen molar-refractivity contribution in [3.05, 3.63) is 76.6 Å². The fourth-order valence-electron chi connectivity index (χ4n) is 4.99. The molecule has 3 N–H and O–H groups in total. The number of primary amides is 1. The summed E-state index contributed by atoms with van der Waals surface area (Å²) in [6.07, 6.45) is 7.12. The summed E-state index contributed by atoms with van der Waals surface area (Å²) in [4.78, 5) is 17.4. The largest absolute Gasteiger partial charge is 0.490 e. The smallest absolute Gasteiger partial charge is 0.262 e. The summed E-state index contributed by atoms with van der Waals surface area (Å²) in [5, 5.41) is 9.09. The highest BCUT2D eigenvalue weighted by atomic mass is 35.5. The van der Waals surface area contributed by atoms with Crippen LogP contribution in [0.5, 0.6) is 11.5 Å². The van der Waals surface area contributed by atoms with Crippen LogP contribution < -0.4 is 20.5 Å². The summed E-state index contributed by atoms with van der Waals surface area (Å²) in [6, 6.07) is 13.3. The van der Waals surface area contributed by atoms with Crippen molar-refractivity contribution >= 4 is 39.9 Å². The van der Waals surface area contributed by atoms with Crippen molar-refractivity contribution in [1.29, 1.82) is 0 Å². The van der Waals surface area contributed by atoms with Gasteiger partial charge in [0.1, 0.15) is 39.9 Å². The number of nitrogens with zero attached hydrogens (tertiary/aromatic N) is 4. The van der Waals surface area contributed by atoms with Gasteiger partial charge in [-0.25, -0.2) is 4.98 Å². The highest BCUT2D eigenvalue weighted by molar-refractivity contribution is 7.16. The second kappa shape index (κ2) is 11.0. The Balaban J connectivity index is 1.40. The average molecular weight is 577 g/mol. The summed E-state index contributed by atoms with van der Waals surface area (Å²) in [5.74, 6) is 0.611. The summed E-state index contributed by atoms with van der Waals surface area (Å²) in [7, 11) is 1.89. The van der Waals surface area contributed by atoms with Crippen LogP contribution in [0.25, 0.3) is 27.2 Å². The van der Waals surface area contributed by atoms with Gasteiger partial charge in [0.05, 0.1) is 17.2 Å². The van der Waals surface area contributed by atoms with E-state index in [0.29, 0.717) is 15.6 Å². The number of hydrogen-bond donors (Lipinski definition) is 2. The van der Waals surface area contributed by atoms with Gasteiger partial charge in [-0.2, -0.15) is 5.10 Å². The van der Waals surface area contributed by atoms with Crippen LogP contribution in [0.2, 0.25) is 5.02 Å². The molecule has 9 nitrogen and oxygen atoms in total. The predicted octanol–water partition coefficient (Wildman–Crippen LogP) is 5.51. The van der Waals surface area contributed by atoms with Gasteiger partial charge in [0.25, 0.3) is 5.91 Å². The number of thiophene rings is 1. The number of aryl methyl sites for hydroxylation is 1. The van der Waals surface area contributed by atoms with Crippen molar-refractivity contribution < 1.29 is 14.3 Å². The van der Waals surface area contributed by atoms with Crippen molar-refractivity contribution in [3.63, 3.8) is 0 Å². The molecule has 0 bridgehead atoms. The minimum atomic E-state index is -0.559. The summed E-state index contributed by atoms with van der Waals surface area (Å²) < 4.78 is 16.5. The zero-order valence-electron chi connectivity index (χ0n) is 22.1. The minimum absolute atomic E-state index is 0.111. The van der Waals surface area contributed by atoms with Crippen molar-refractivity contribution in [2.24, 2.45) is 12.8 Å². The van der Waals surface area contributed by atoms with Gasteiger partial charge < -0.3 is 20.5 Å². The van der Waals surface area contributed by atoms with E-state index in [9.17, 15) is 4.79 Å². The topological polar surface area (TPSA) is 109 Å². The Morgan fingerprint density at radius 2 is 2.00 bits per heavy atom. The molecule has 5 aromatic rings. The lowest BCUT2D eigenvalue weighted by atomic mass is 10.1. The second-order valence-corrected chi connectivity index (χ2v) is 11.3. The number of imidazole rings is 1. The minimum Gasteiger partial charge on any atom is -0.490 e. The van der Waals surface area contributed by atoms with Crippen molar-refractivity contribution in [3.8, 4) is 27.6 Å². The van der Waals surface area contributed by atoms with E-state index in [-0.39, 0.29) is 12.2 Å². The van der Waals surface area contributed by atoms with Crippen molar-refractivity contribution in [2.75, 3.05) is 13.1 Å². The first-order chi connectivity index (χ1) is 19.4. The molecule has 0 radical (unpaired) electrons. The molecule has 1 aliphatic rings. The van der Waals surface area contributed by atoms with Crippen LogP contribution in [-0.2, 0) is 7.05 Å². The Kier molecular flexibility index (Phi) is 7.22. The standard InChI is InChI=1S/C29H29ClN6O3S/c1-17(20-5-3-4-6-22(20)30)38-26-13-27(40-28(26)29(31)37)36-16-33-23-11-21(18-14-34-35(2)15-18)25(12-24(23)36)39-19-7-9-32-10-8-19/h3-6,11-17,19,32H,7-10H2,1-2H3,(H2,31,37)/t17-/m1/s1. The van der Waals surface area contributed by atoms with Gasteiger partial charge in [-0.05, 0) is 45.0 Å². The van der Waals surface area contributed by atoms with Crippen molar-refractivity contribution in [2.45, 2.75) is 32.0 Å². The van der Waals surface area contributed by atoms with Crippen LogP contribution in [0.15, 0.2) is 61.2 Å². The van der Waals surface area contributed by atoms with Gasteiger partial charge in [-0.1, -0.05) is 29.8 Å². The molecule has 1 fully saturated rings. The Bertz CT molecular complexity index is 1690. The molecule has 4 heterocycles. The van der Waals surface area contributed by atoms with Crippen LogP contribution in [0.4, 0.5) is 0 Å². The highest BCUT2D eigenvalue weighted by Gasteiger charge is 2.23. The molecule has 206 valence electrons. The quantitative estimate of drug-likeness (QED) is 0.252. The molecule has 0 saturated carbocycles. The number of halogens is 1.